The highest BCUT2D eigenvalue weighted by molar-refractivity contribution is 6.42. The second-order valence-corrected chi connectivity index (χ2v) is 6.93. The lowest BCUT2D eigenvalue weighted by atomic mass is 10.3. The van der Waals surface area contributed by atoms with Gasteiger partial charge < -0.3 is 15.2 Å². The van der Waals surface area contributed by atoms with Gasteiger partial charge in [-0.2, -0.15) is 5.10 Å². The molecule has 1 amide bonds. The Kier molecular flexibility index (Phi) is 6.57. The Hall–Kier alpha value is -2.54. The zero-order chi connectivity index (χ0) is 20.1. The number of nitrogens with one attached hydrogen (secondary N) is 1. The summed E-state index contributed by atoms with van der Waals surface area (Å²) in [6, 6.07) is 16.2. The van der Waals surface area contributed by atoms with Crippen molar-refractivity contribution in [2.75, 3.05) is 13.2 Å². The number of aryl methyl sites for hydroxylation is 1. The normalized spacial score (nSPS) is 11.9. The van der Waals surface area contributed by atoms with E-state index in [1.807, 2.05) is 37.3 Å². The van der Waals surface area contributed by atoms with Crippen LogP contribution in [0, 0.1) is 6.92 Å². The van der Waals surface area contributed by atoms with Crippen LogP contribution in [0.4, 0.5) is 0 Å². The molecule has 0 saturated heterocycles. The molecule has 3 rings (SSSR count). The number of para-hydroxylation sites is 1. The summed E-state index contributed by atoms with van der Waals surface area (Å²) in [5.74, 6) is -0.00519. The third-order valence-corrected chi connectivity index (χ3v) is 4.77. The van der Waals surface area contributed by atoms with Crippen LogP contribution in [0.15, 0.2) is 54.6 Å². The van der Waals surface area contributed by atoms with Crippen molar-refractivity contribution in [3.05, 3.63) is 76.0 Å². The smallest absolute Gasteiger partial charge is 0.271 e. The minimum absolute atomic E-state index is 0.00820. The summed E-state index contributed by atoms with van der Waals surface area (Å²) in [5, 5.41) is 17.7. The molecule has 0 aliphatic heterocycles. The number of hydrogen-bond donors (Lipinski definition) is 2. The lowest BCUT2D eigenvalue weighted by molar-refractivity contribution is 0.0839. The SMILES string of the molecule is Cc1cc(C(=O)NCC(O)COc2cccc(Cl)c2Cl)nn1-c1ccccc1. The molecule has 1 atom stereocenters. The van der Waals surface area contributed by atoms with E-state index >= 15 is 0 Å². The van der Waals surface area contributed by atoms with Crippen molar-refractivity contribution in [3.63, 3.8) is 0 Å². The van der Waals surface area contributed by atoms with Gasteiger partial charge in [-0.15, -0.1) is 0 Å². The minimum atomic E-state index is -0.920. The van der Waals surface area contributed by atoms with Crippen molar-refractivity contribution in [2.24, 2.45) is 0 Å². The van der Waals surface area contributed by atoms with E-state index in [2.05, 4.69) is 10.4 Å². The molecule has 0 aliphatic rings. The van der Waals surface area contributed by atoms with E-state index in [4.69, 9.17) is 27.9 Å². The van der Waals surface area contributed by atoms with Gasteiger partial charge in [0.15, 0.2) is 5.69 Å². The number of carbonyl (C=O) groups excluding carboxylic acids is 1. The topological polar surface area (TPSA) is 76.4 Å². The fourth-order valence-corrected chi connectivity index (χ4v) is 2.90. The molecule has 1 unspecified atom stereocenters. The molecule has 146 valence electrons. The molecule has 0 aliphatic carbocycles. The first-order chi connectivity index (χ1) is 13.5. The number of aliphatic hydroxyl groups excluding tert-OH is 1. The fourth-order valence-electron chi connectivity index (χ4n) is 2.56. The summed E-state index contributed by atoms with van der Waals surface area (Å²) in [6.45, 7) is 1.83. The molecule has 0 saturated carbocycles. The van der Waals surface area contributed by atoms with Gasteiger partial charge in [0.05, 0.1) is 10.7 Å². The summed E-state index contributed by atoms with van der Waals surface area (Å²) in [5.41, 5.74) is 1.97. The Morgan fingerprint density at radius 1 is 1.21 bits per heavy atom. The maximum atomic E-state index is 12.3. The van der Waals surface area contributed by atoms with Crippen molar-refractivity contribution < 1.29 is 14.6 Å². The van der Waals surface area contributed by atoms with Crippen LogP contribution >= 0.6 is 23.2 Å². The Morgan fingerprint density at radius 2 is 1.96 bits per heavy atom. The number of carbonyl (C=O) groups is 1. The lowest BCUT2D eigenvalue weighted by Gasteiger charge is -2.14. The highest BCUT2D eigenvalue weighted by Crippen LogP contribution is 2.31. The first-order valence-corrected chi connectivity index (χ1v) is 9.36. The fraction of sp³-hybridized carbons (Fsp3) is 0.200. The van der Waals surface area contributed by atoms with E-state index in [1.165, 1.54) is 0 Å². The predicted molar refractivity (Wildman–Crippen MR) is 109 cm³/mol. The van der Waals surface area contributed by atoms with Crippen molar-refractivity contribution in [1.29, 1.82) is 0 Å². The summed E-state index contributed by atoms with van der Waals surface area (Å²) < 4.78 is 7.15. The van der Waals surface area contributed by atoms with Crippen molar-refractivity contribution in [2.45, 2.75) is 13.0 Å². The molecule has 2 N–H and O–H groups in total. The Morgan fingerprint density at radius 3 is 2.71 bits per heavy atom. The van der Waals surface area contributed by atoms with E-state index < -0.39 is 6.10 Å². The van der Waals surface area contributed by atoms with Gasteiger partial charge in [-0.3, -0.25) is 4.79 Å². The average molecular weight is 420 g/mol. The van der Waals surface area contributed by atoms with Crippen LogP contribution in [0.2, 0.25) is 10.0 Å². The molecule has 0 radical (unpaired) electrons. The molecule has 6 nitrogen and oxygen atoms in total. The molecule has 1 heterocycles. The largest absolute Gasteiger partial charge is 0.489 e. The van der Waals surface area contributed by atoms with Crippen LogP contribution in [0.3, 0.4) is 0 Å². The van der Waals surface area contributed by atoms with E-state index in [-0.39, 0.29) is 29.8 Å². The number of amides is 1. The van der Waals surface area contributed by atoms with E-state index in [0.29, 0.717) is 10.8 Å². The quantitative estimate of drug-likeness (QED) is 0.612. The zero-order valence-electron chi connectivity index (χ0n) is 15.1. The molecular weight excluding hydrogens is 401 g/mol. The van der Waals surface area contributed by atoms with Crippen molar-refractivity contribution >= 4 is 29.1 Å². The first-order valence-electron chi connectivity index (χ1n) is 8.61. The highest BCUT2D eigenvalue weighted by atomic mass is 35.5. The van der Waals surface area contributed by atoms with Gasteiger partial charge in [0.2, 0.25) is 0 Å². The molecule has 1 aromatic heterocycles. The van der Waals surface area contributed by atoms with Gasteiger partial charge >= 0.3 is 0 Å². The molecule has 2 aromatic carbocycles. The maximum absolute atomic E-state index is 12.3. The number of rotatable bonds is 7. The Balaban J connectivity index is 1.55. The highest BCUT2D eigenvalue weighted by Gasteiger charge is 2.15. The summed E-state index contributed by atoms with van der Waals surface area (Å²) in [7, 11) is 0. The number of halogens is 2. The van der Waals surface area contributed by atoms with Crippen LogP contribution in [0.25, 0.3) is 5.69 Å². The summed E-state index contributed by atoms with van der Waals surface area (Å²) >= 11 is 12.0. The molecule has 0 spiro atoms. The lowest BCUT2D eigenvalue weighted by Crippen LogP contribution is -2.35. The van der Waals surface area contributed by atoms with Crippen LogP contribution in [-0.2, 0) is 0 Å². The van der Waals surface area contributed by atoms with Crippen LogP contribution in [0.1, 0.15) is 16.2 Å². The molecular formula is C20H19Cl2N3O3. The van der Waals surface area contributed by atoms with Gasteiger partial charge in [0.25, 0.3) is 5.91 Å². The van der Waals surface area contributed by atoms with Gasteiger partial charge in [-0.25, -0.2) is 4.68 Å². The van der Waals surface area contributed by atoms with Crippen molar-refractivity contribution in [3.8, 4) is 11.4 Å². The standard InChI is InChI=1S/C20H19Cl2N3O3/c1-13-10-17(24-25(13)14-6-3-2-4-7-14)20(27)23-11-15(26)12-28-18-9-5-8-16(21)19(18)22/h2-10,15,26H,11-12H2,1H3,(H,23,27). The van der Waals surface area contributed by atoms with Crippen molar-refractivity contribution in [1.82, 2.24) is 15.1 Å². The monoisotopic (exact) mass is 419 g/mol. The second kappa shape index (κ2) is 9.10. The Labute approximate surface area is 172 Å². The Bertz CT molecular complexity index is 961. The molecule has 0 fully saturated rings. The van der Waals surface area contributed by atoms with E-state index in [1.54, 1.807) is 28.9 Å². The molecule has 8 heteroatoms. The number of ether oxygens (including phenoxy) is 1. The van der Waals surface area contributed by atoms with Gasteiger partial charge in [0, 0.05) is 12.2 Å². The molecule has 28 heavy (non-hydrogen) atoms. The zero-order valence-corrected chi connectivity index (χ0v) is 16.6. The third-order valence-electron chi connectivity index (χ3n) is 3.97. The first kappa shape index (κ1) is 20.2. The number of aromatic nitrogens is 2. The number of hydrogen-bond acceptors (Lipinski definition) is 4. The van der Waals surface area contributed by atoms with Crippen LogP contribution in [0.5, 0.6) is 5.75 Å². The van der Waals surface area contributed by atoms with Gasteiger partial charge in [0.1, 0.15) is 23.5 Å². The van der Waals surface area contributed by atoms with Crippen LogP contribution < -0.4 is 10.1 Å². The second-order valence-electron chi connectivity index (χ2n) is 6.15. The van der Waals surface area contributed by atoms with Gasteiger partial charge in [-0.05, 0) is 37.3 Å². The molecule has 3 aromatic rings. The van der Waals surface area contributed by atoms with E-state index in [9.17, 15) is 9.90 Å². The van der Waals surface area contributed by atoms with Crippen LogP contribution in [-0.4, -0.2) is 40.0 Å². The maximum Gasteiger partial charge on any atom is 0.271 e. The number of aliphatic hydroxyl groups is 1. The predicted octanol–water partition coefficient (Wildman–Crippen LogP) is 3.66. The van der Waals surface area contributed by atoms with Gasteiger partial charge in [-0.1, -0.05) is 47.5 Å². The summed E-state index contributed by atoms with van der Waals surface area (Å²) in [4.78, 5) is 12.3. The molecule has 0 bridgehead atoms. The minimum Gasteiger partial charge on any atom is -0.489 e. The number of benzene rings is 2. The average Bonchev–Trinajstić information content (AvgIpc) is 3.09. The number of nitrogens with zero attached hydrogens (tertiary/aromatic N) is 2. The van der Waals surface area contributed by atoms with E-state index in [0.717, 1.165) is 11.4 Å². The third kappa shape index (κ3) is 4.84. The summed E-state index contributed by atoms with van der Waals surface area (Å²) in [6.07, 6.45) is -0.920.